The van der Waals surface area contributed by atoms with E-state index in [9.17, 15) is 22.8 Å². The van der Waals surface area contributed by atoms with Crippen LogP contribution >= 0.6 is 0 Å². The maximum atomic E-state index is 12.7. The highest BCUT2D eigenvalue weighted by atomic mass is 19.4. The number of benzene rings is 2. The number of halogens is 3. The van der Waals surface area contributed by atoms with Crippen LogP contribution in [0.4, 0.5) is 18.9 Å². The van der Waals surface area contributed by atoms with Gasteiger partial charge >= 0.3 is 6.18 Å². The largest absolute Gasteiger partial charge is 0.481 e. The van der Waals surface area contributed by atoms with Crippen molar-refractivity contribution in [1.29, 1.82) is 0 Å². The first-order valence-electron chi connectivity index (χ1n) is 8.69. The number of hydrogen-bond acceptors (Lipinski definition) is 4. The van der Waals surface area contributed by atoms with Crippen molar-refractivity contribution in [3.63, 3.8) is 0 Å². The van der Waals surface area contributed by atoms with E-state index in [2.05, 4.69) is 10.3 Å². The number of nitrogens with zero attached hydrogens (tertiary/aromatic N) is 1. The number of nitrogens with one attached hydrogen (secondary N) is 1. The molecule has 0 aliphatic carbocycles. The number of aromatic nitrogens is 1. The fourth-order valence-electron chi connectivity index (χ4n) is 2.60. The zero-order valence-electron chi connectivity index (χ0n) is 15.4. The SMILES string of the molecule is NC(=O)c1ccc(NC(=O)COc2cccnc2-c2ccc(C(F)(F)F)cc2)cc1. The normalized spacial score (nSPS) is 11.0. The summed E-state index contributed by atoms with van der Waals surface area (Å²) in [7, 11) is 0. The molecule has 0 unspecified atom stereocenters. The Morgan fingerprint density at radius 3 is 2.27 bits per heavy atom. The summed E-state index contributed by atoms with van der Waals surface area (Å²) in [6, 6.07) is 13.6. The van der Waals surface area contributed by atoms with Crippen LogP contribution in [0.25, 0.3) is 11.3 Å². The Bertz CT molecular complexity index is 1050. The monoisotopic (exact) mass is 415 g/mol. The summed E-state index contributed by atoms with van der Waals surface area (Å²) in [6.45, 7) is -0.350. The molecule has 30 heavy (non-hydrogen) atoms. The van der Waals surface area contributed by atoms with Crippen LogP contribution in [0.5, 0.6) is 5.75 Å². The molecule has 0 saturated heterocycles. The van der Waals surface area contributed by atoms with Crippen LogP contribution in [-0.2, 0) is 11.0 Å². The lowest BCUT2D eigenvalue weighted by Crippen LogP contribution is -2.20. The standard InChI is InChI=1S/C21H16F3N3O3/c22-21(23,24)15-7-3-13(4-8-15)19-17(2-1-11-26-19)30-12-18(28)27-16-9-5-14(6-10-16)20(25)29/h1-11H,12H2,(H2,25,29)(H,27,28). The van der Waals surface area contributed by atoms with Gasteiger partial charge in [-0.25, -0.2) is 0 Å². The first-order chi connectivity index (χ1) is 14.2. The van der Waals surface area contributed by atoms with Crippen molar-refractivity contribution < 1.29 is 27.5 Å². The smallest absolute Gasteiger partial charge is 0.416 e. The lowest BCUT2D eigenvalue weighted by Gasteiger charge is -2.12. The minimum absolute atomic E-state index is 0.247. The molecule has 0 aliphatic heterocycles. The van der Waals surface area contributed by atoms with E-state index in [0.29, 0.717) is 22.5 Å². The Hall–Kier alpha value is -3.88. The minimum Gasteiger partial charge on any atom is -0.481 e. The average Bonchev–Trinajstić information content (AvgIpc) is 2.72. The maximum absolute atomic E-state index is 12.7. The highest BCUT2D eigenvalue weighted by molar-refractivity contribution is 5.95. The van der Waals surface area contributed by atoms with Crippen LogP contribution in [0.2, 0.25) is 0 Å². The van der Waals surface area contributed by atoms with E-state index in [1.807, 2.05) is 0 Å². The van der Waals surface area contributed by atoms with E-state index in [1.54, 1.807) is 12.1 Å². The van der Waals surface area contributed by atoms with Gasteiger partial charge in [-0.2, -0.15) is 13.2 Å². The predicted octanol–water partition coefficient (Wildman–Crippen LogP) is 3.88. The Balaban J connectivity index is 1.67. The van der Waals surface area contributed by atoms with E-state index in [4.69, 9.17) is 10.5 Å². The summed E-state index contributed by atoms with van der Waals surface area (Å²) in [6.07, 6.45) is -2.96. The molecule has 0 fully saturated rings. The Morgan fingerprint density at radius 1 is 1.00 bits per heavy atom. The molecule has 154 valence electrons. The number of carbonyl (C=O) groups excluding carboxylic acids is 2. The number of pyridine rings is 1. The van der Waals surface area contributed by atoms with Gasteiger partial charge in [0, 0.05) is 23.0 Å². The zero-order chi connectivity index (χ0) is 21.7. The highest BCUT2D eigenvalue weighted by Crippen LogP contribution is 2.32. The van der Waals surface area contributed by atoms with Gasteiger partial charge in [-0.1, -0.05) is 12.1 Å². The van der Waals surface area contributed by atoms with Crippen LogP contribution in [-0.4, -0.2) is 23.4 Å². The van der Waals surface area contributed by atoms with Crippen molar-refractivity contribution in [1.82, 2.24) is 4.98 Å². The van der Waals surface area contributed by atoms with Gasteiger partial charge in [-0.3, -0.25) is 14.6 Å². The molecule has 0 atom stereocenters. The third kappa shape index (κ3) is 5.13. The van der Waals surface area contributed by atoms with Gasteiger partial charge in [-0.15, -0.1) is 0 Å². The first-order valence-corrected chi connectivity index (χ1v) is 8.69. The number of ether oxygens (including phenoxy) is 1. The summed E-state index contributed by atoms with van der Waals surface area (Å²) in [4.78, 5) is 27.3. The number of amides is 2. The van der Waals surface area contributed by atoms with Crippen molar-refractivity contribution in [3.8, 4) is 17.0 Å². The van der Waals surface area contributed by atoms with E-state index in [-0.39, 0.29) is 12.4 Å². The van der Waals surface area contributed by atoms with Crippen molar-refractivity contribution >= 4 is 17.5 Å². The quantitative estimate of drug-likeness (QED) is 0.639. The van der Waals surface area contributed by atoms with E-state index in [0.717, 1.165) is 12.1 Å². The number of rotatable bonds is 6. The predicted molar refractivity (Wildman–Crippen MR) is 104 cm³/mol. The van der Waals surface area contributed by atoms with Gasteiger partial charge in [0.25, 0.3) is 5.91 Å². The second kappa shape index (κ2) is 8.64. The summed E-state index contributed by atoms with van der Waals surface area (Å²) in [5.74, 6) is -0.802. The van der Waals surface area contributed by atoms with E-state index in [1.165, 1.54) is 42.6 Å². The Kier molecular flexibility index (Phi) is 6.01. The number of alkyl halides is 3. The third-order valence-electron chi connectivity index (χ3n) is 4.07. The molecule has 3 aromatic rings. The van der Waals surface area contributed by atoms with Crippen molar-refractivity contribution in [2.45, 2.75) is 6.18 Å². The minimum atomic E-state index is -4.43. The summed E-state index contributed by atoms with van der Waals surface area (Å²) in [5, 5.41) is 2.60. The fourth-order valence-corrected chi connectivity index (χ4v) is 2.60. The molecule has 2 amide bonds. The molecule has 2 aromatic carbocycles. The van der Waals surface area contributed by atoms with E-state index < -0.39 is 23.6 Å². The van der Waals surface area contributed by atoms with Gasteiger partial charge < -0.3 is 15.8 Å². The van der Waals surface area contributed by atoms with Crippen molar-refractivity contribution in [2.75, 3.05) is 11.9 Å². The van der Waals surface area contributed by atoms with Crippen LogP contribution < -0.4 is 15.8 Å². The molecule has 1 heterocycles. The molecule has 9 heteroatoms. The second-order valence-corrected chi connectivity index (χ2v) is 6.20. The van der Waals surface area contributed by atoms with Crippen LogP contribution in [0.1, 0.15) is 15.9 Å². The maximum Gasteiger partial charge on any atom is 0.416 e. The van der Waals surface area contributed by atoms with Crippen molar-refractivity contribution in [2.24, 2.45) is 5.73 Å². The molecule has 3 N–H and O–H groups in total. The summed E-state index contributed by atoms with van der Waals surface area (Å²) >= 11 is 0. The van der Waals surface area contributed by atoms with Crippen molar-refractivity contribution in [3.05, 3.63) is 78.0 Å². The lowest BCUT2D eigenvalue weighted by atomic mass is 10.1. The topological polar surface area (TPSA) is 94.3 Å². The molecular formula is C21H16F3N3O3. The lowest BCUT2D eigenvalue weighted by molar-refractivity contribution is -0.137. The molecule has 0 aliphatic rings. The van der Waals surface area contributed by atoms with Gasteiger partial charge in [0.1, 0.15) is 11.4 Å². The first kappa shape index (κ1) is 20.8. The molecule has 3 rings (SSSR count). The molecule has 0 saturated carbocycles. The average molecular weight is 415 g/mol. The molecule has 6 nitrogen and oxygen atoms in total. The van der Waals surface area contributed by atoms with Crippen LogP contribution in [0, 0.1) is 0 Å². The Morgan fingerprint density at radius 2 is 1.67 bits per heavy atom. The number of hydrogen-bond donors (Lipinski definition) is 2. The summed E-state index contributed by atoms with van der Waals surface area (Å²) in [5.41, 5.74) is 5.87. The highest BCUT2D eigenvalue weighted by Gasteiger charge is 2.30. The van der Waals surface area contributed by atoms with Gasteiger partial charge in [0.15, 0.2) is 6.61 Å². The Labute approximate surface area is 169 Å². The molecule has 0 bridgehead atoms. The molecule has 0 radical (unpaired) electrons. The van der Waals surface area contributed by atoms with Gasteiger partial charge in [-0.05, 0) is 48.5 Å². The van der Waals surface area contributed by atoms with E-state index >= 15 is 0 Å². The van der Waals surface area contributed by atoms with Gasteiger partial charge in [0.2, 0.25) is 5.91 Å². The molecular weight excluding hydrogens is 399 g/mol. The summed E-state index contributed by atoms with van der Waals surface area (Å²) < 4.78 is 43.7. The molecule has 1 aromatic heterocycles. The zero-order valence-corrected chi connectivity index (χ0v) is 15.4. The number of anilines is 1. The number of nitrogens with two attached hydrogens (primary N) is 1. The second-order valence-electron chi connectivity index (χ2n) is 6.20. The van der Waals surface area contributed by atoms with Crippen LogP contribution in [0.15, 0.2) is 66.9 Å². The van der Waals surface area contributed by atoms with Crippen LogP contribution in [0.3, 0.4) is 0 Å². The number of carbonyl (C=O) groups is 2. The van der Waals surface area contributed by atoms with Gasteiger partial charge in [0.05, 0.1) is 5.56 Å². The fraction of sp³-hybridized carbons (Fsp3) is 0.0952. The number of primary amides is 1. The molecule has 0 spiro atoms. The third-order valence-corrected chi connectivity index (χ3v) is 4.07.